The SMILES string of the molecule is O=C(NCCCCC1CCSS1)NCC1C=CC=C1. The van der Waals surface area contributed by atoms with Crippen molar-refractivity contribution in [3.8, 4) is 0 Å². The summed E-state index contributed by atoms with van der Waals surface area (Å²) >= 11 is 0. The van der Waals surface area contributed by atoms with E-state index < -0.39 is 0 Å². The maximum Gasteiger partial charge on any atom is 0.314 e. The zero-order valence-corrected chi connectivity index (χ0v) is 12.8. The smallest absolute Gasteiger partial charge is 0.314 e. The van der Waals surface area contributed by atoms with E-state index in [2.05, 4.69) is 22.8 Å². The molecule has 0 aromatic rings. The number of hydrogen-bond donors (Lipinski definition) is 2. The van der Waals surface area contributed by atoms with Gasteiger partial charge in [-0.3, -0.25) is 0 Å². The summed E-state index contributed by atoms with van der Waals surface area (Å²) in [6, 6.07) is -0.0421. The minimum Gasteiger partial charge on any atom is -0.338 e. The maximum absolute atomic E-state index is 11.5. The molecule has 5 heteroatoms. The summed E-state index contributed by atoms with van der Waals surface area (Å²) in [5.74, 6) is 1.67. The fourth-order valence-corrected chi connectivity index (χ4v) is 5.18. The van der Waals surface area contributed by atoms with Gasteiger partial charge in [0.05, 0.1) is 0 Å². The first-order chi connectivity index (χ1) is 9.34. The van der Waals surface area contributed by atoms with E-state index in [-0.39, 0.29) is 6.03 Å². The molecule has 106 valence electrons. The van der Waals surface area contributed by atoms with Crippen LogP contribution in [0.15, 0.2) is 24.3 Å². The maximum atomic E-state index is 11.5. The van der Waals surface area contributed by atoms with Crippen molar-refractivity contribution in [3.63, 3.8) is 0 Å². The van der Waals surface area contributed by atoms with Crippen LogP contribution in [0, 0.1) is 5.92 Å². The number of allylic oxidation sites excluding steroid dienone is 2. The Labute approximate surface area is 123 Å². The second kappa shape index (κ2) is 8.59. The Morgan fingerprint density at radius 1 is 1.21 bits per heavy atom. The van der Waals surface area contributed by atoms with E-state index >= 15 is 0 Å². The predicted octanol–water partition coefficient (Wildman–Crippen LogP) is 3.35. The van der Waals surface area contributed by atoms with Crippen molar-refractivity contribution in [1.82, 2.24) is 10.6 Å². The van der Waals surface area contributed by atoms with Crippen LogP contribution in [0.5, 0.6) is 0 Å². The van der Waals surface area contributed by atoms with Gasteiger partial charge in [0.15, 0.2) is 0 Å². The van der Waals surface area contributed by atoms with E-state index in [0.717, 1.165) is 18.2 Å². The second-order valence-electron chi connectivity index (χ2n) is 4.90. The van der Waals surface area contributed by atoms with Gasteiger partial charge in [-0.15, -0.1) is 0 Å². The highest BCUT2D eigenvalue weighted by Crippen LogP contribution is 2.39. The van der Waals surface area contributed by atoms with Gasteiger partial charge in [-0.25, -0.2) is 4.79 Å². The van der Waals surface area contributed by atoms with Crippen LogP contribution in [-0.4, -0.2) is 30.1 Å². The normalized spacial score (nSPS) is 22.0. The first kappa shape index (κ1) is 14.9. The Hall–Kier alpha value is -0.550. The molecule has 2 rings (SSSR count). The fourth-order valence-electron chi connectivity index (χ4n) is 2.15. The molecule has 0 saturated carbocycles. The third-order valence-electron chi connectivity index (χ3n) is 3.29. The Morgan fingerprint density at radius 2 is 2.05 bits per heavy atom. The number of rotatable bonds is 7. The number of hydrogen-bond acceptors (Lipinski definition) is 3. The molecule has 1 unspecified atom stereocenters. The van der Waals surface area contributed by atoms with Crippen molar-refractivity contribution in [2.75, 3.05) is 18.8 Å². The number of carbonyl (C=O) groups is 1. The van der Waals surface area contributed by atoms with Gasteiger partial charge in [0.2, 0.25) is 0 Å². The molecule has 0 radical (unpaired) electrons. The monoisotopic (exact) mass is 298 g/mol. The zero-order valence-electron chi connectivity index (χ0n) is 11.1. The first-order valence-corrected chi connectivity index (χ1v) is 9.38. The summed E-state index contributed by atoms with van der Waals surface area (Å²) in [5, 5.41) is 6.67. The van der Waals surface area contributed by atoms with Gasteiger partial charge in [-0.05, 0) is 19.3 Å². The molecule has 0 aromatic heterocycles. The molecule has 19 heavy (non-hydrogen) atoms. The highest BCUT2D eigenvalue weighted by Gasteiger charge is 2.15. The van der Waals surface area contributed by atoms with Gasteiger partial charge in [-0.2, -0.15) is 0 Å². The largest absolute Gasteiger partial charge is 0.338 e. The molecule has 1 saturated heterocycles. The Kier molecular flexibility index (Phi) is 6.71. The average Bonchev–Trinajstić information content (AvgIpc) is 3.09. The number of urea groups is 1. The standard InChI is InChI=1S/C14H22N2OS2/c17-14(16-11-12-5-1-2-6-12)15-9-4-3-7-13-8-10-18-19-13/h1-2,5-6,12-13H,3-4,7-11H2,(H2,15,16,17). The van der Waals surface area contributed by atoms with Crippen LogP contribution in [0.25, 0.3) is 0 Å². The Balaban J connectivity index is 1.42. The molecule has 1 heterocycles. The van der Waals surface area contributed by atoms with Gasteiger partial charge in [0, 0.05) is 30.0 Å². The minimum atomic E-state index is -0.0421. The first-order valence-electron chi connectivity index (χ1n) is 6.99. The van der Waals surface area contributed by atoms with Gasteiger partial charge < -0.3 is 10.6 Å². The van der Waals surface area contributed by atoms with Crippen LogP contribution < -0.4 is 10.6 Å². The van der Waals surface area contributed by atoms with E-state index in [4.69, 9.17) is 0 Å². The molecule has 1 aliphatic carbocycles. The van der Waals surface area contributed by atoms with Crippen LogP contribution in [0.1, 0.15) is 25.7 Å². The quantitative estimate of drug-likeness (QED) is 0.559. The van der Waals surface area contributed by atoms with E-state index in [1.54, 1.807) is 0 Å². The zero-order chi connectivity index (χ0) is 13.3. The molecule has 3 nitrogen and oxygen atoms in total. The molecule has 1 fully saturated rings. The summed E-state index contributed by atoms with van der Waals surface area (Å²) in [7, 11) is 4.03. The molecule has 0 aromatic carbocycles. The van der Waals surface area contributed by atoms with E-state index in [1.165, 1.54) is 25.0 Å². The lowest BCUT2D eigenvalue weighted by Crippen LogP contribution is -2.38. The van der Waals surface area contributed by atoms with Crippen molar-refractivity contribution in [2.24, 2.45) is 5.92 Å². The van der Waals surface area contributed by atoms with Gasteiger partial charge in [-0.1, -0.05) is 52.3 Å². The van der Waals surface area contributed by atoms with E-state index in [1.807, 2.05) is 33.7 Å². The summed E-state index contributed by atoms with van der Waals surface area (Å²) in [6.07, 6.45) is 13.2. The molecule has 1 atom stereocenters. The molecule has 2 amide bonds. The lowest BCUT2D eigenvalue weighted by Gasteiger charge is -2.10. The van der Waals surface area contributed by atoms with E-state index in [9.17, 15) is 4.79 Å². The number of amides is 2. The molecule has 2 N–H and O–H groups in total. The van der Waals surface area contributed by atoms with Crippen molar-refractivity contribution in [2.45, 2.75) is 30.9 Å². The van der Waals surface area contributed by atoms with Crippen molar-refractivity contribution >= 4 is 27.6 Å². The van der Waals surface area contributed by atoms with Crippen LogP contribution in [0.2, 0.25) is 0 Å². The summed E-state index contributed by atoms with van der Waals surface area (Å²) in [4.78, 5) is 11.5. The summed E-state index contributed by atoms with van der Waals surface area (Å²) < 4.78 is 0. The van der Waals surface area contributed by atoms with Gasteiger partial charge in [0.25, 0.3) is 0 Å². The third kappa shape index (κ3) is 5.95. The second-order valence-corrected chi connectivity index (χ2v) is 7.68. The molecule has 0 bridgehead atoms. The third-order valence-corrected chi connectivity index (χ3v) is 6.30. The van der Waals surface area contributed by atoms with Crippen LogP contribution in [0.4, 0.5) is 4.79 Å². The molecule has 0 spiro atoms. The molecule has 1 aliphatic heterocycles. The lowest BCUT2D eigenvalue weighted by molar-refractivity contribution is 0.240. The fraction of sp³-hybridized carbons (Fsp3) is 0.643. The predicted molar refractivity (Wildman–Crippen MR) is 85.5 cm³/mol. The number of unbranched alkanes of at least 4 members (excludes halogenated alkanes) is 1. The van der Waals surface area contributed by atoms with Gasteiger partial charge >= 0.3 is 6.03 Å². The van der Waals surface area contributed by atoms with Crippen LogP contribution in [-0.2, 0) is 0 Å². The van der Waals surface area contributed by atoms with Crippen LogP contribution in [0.3, 0.4) is 0 Å². The molecular weight excluding hydrogens is 276 g/mol. The Morgan fingerprint density at radius 3 is 2.79 bits per heavy atom. The molecular formula is C14H22N2OS2. The van der Waals surface area contributed by atoms with Crippen molar-refractivity contribution in [3.05, 3.63) is 24.3 Å². The highest BCUT2D eigenvalue weighted by molar-refractivity contribution is 8.77. The topological polar surface area (TPSA) is 41.1 Å². The Bertz CT molecular complexity index is 326. The minimum absolute atomic E-state index is 0.0421. The van der Waals surface area contributed by atoms with Gasteiger partial charge in [0.1, 0.15) is 0 Å². The van der Waals surface area contributed by atoms with Crippen molar-refractivity contribution < 1.29 is 4.79 Å². The highest BCUT2D eigenvalue weighted by atomic mass is 33.1. The summed E-state index contributed by atoms with van der Waals surface area (Å²) in [5.41, 5.74) is 0. The number of nitrogens with one attached hydrogen (secondary N) is 2. The lowest BCUT2D eigenvalue weighted by atomic mass is 10.1. The molecule has 2 aliphatic rings. The van der Waals surface area contributed by atoms with Crippen molar-refractivity contribution in [1.29, 1.82) is 0 Å². The summed E-state index contributed by atoms with van der Waals surface area (Å²) in [6.45, 7) is 1.47. The van der Waals surface area contributed by atoms with E-state index in [0.29, 0.717) is 12.5 Å². The average molecular weight is 298 g/mol. The number of carbonyl (C=O) groups excluding carboxylic acids is 1. The van der Waals surface area contributed by atoms with Crippen LogP contribution >= 0.6 is 21.6 Å².